The van der Waals surface area contributed by atoms with Crippen LogP contribution in [0.1, 0.15) is 33.9 Å². The second-order valence-corrected chi connectivity index (χ2v) is 6.79. The summed E-state index contributed by atoms with van der Waals surface area (Å²) < 4.78 is 1.33. The molecule has 1 atom stereocenters. The van der Waals surface area contributed by atoms with Gasteiger partial charge >= 0.3 is 0 Å². The first-order valence-corrected chi connectivity index (χ1v) is 8.87. The van der Waals surface area contributed by atoms with Gasteiger partial charge in [0.25, 0.3) is 11.5 Å². The van der Waals surface area contributed by atoms with Crippen LogP contribution in [0, 0.1) is 0 Å². The maximum atomic E-state index is 12.7. The topological polar surface area (TPSA) is 55.2 Å². The van der Waals surface area contributed by atoms with Crippen molar-refractivity contribution in [2.75, 3.05) is 7.05 Å². The molecule has 0 saturated heterocycles. The largest absolute Gasteiger partial charge is 0.333 e. The van der Waals surface area contributed by atoms with Crippen molar-refractivity contribution in [3.63, 3.8) is 0 Å². The second kappa shape index (κ2) is 7.44. The molecule has 0 unspecified atom stereocenters. The molecule has 0 saturated carbocycles. The van der Waals surface area contributed by atoms with E-state index in [9.17, 15) is 9.59 Å². The van der Waals surface area contributed by atoms with Crippen LogP contribution in [0.3, 0.4) is 0 Å². The number of hydrogen-bond acceptors (Lipinski definition) is 4. The van der Waals surface area contributed by atoms with Gasteiger partial charge in [-0.15, -0.1) is 11.3 Å². The molecule has 0 aliphatic rings. The van der Waals surface area contributed by atoms with Crippen molar-refractivity contribution in [3.05, 3.63) is 86.5 Å². The molecule has 0 radical (unpaired) electrons. The van der Waals surface area contributed by atoms with Gasteiger partial charge in [0, 0.05) is 18.0 Å². The van der Waals surface area contributed by atoms with E-state index in [1.165, 1.54) is 16.8 Å². The van der Waals surface area contributed by atoms with E-state index in [1.807, 2.05) is 54.8 Å². The molecule has 2 heterocycles. The van der Waals surface area contributed by atoms with Crippen LogP contribution >= 0.6 is 11.3 Å². The summed E-state index contributed by atoms with van der Waals surface area (Å²) in [5, 5.41) is 6.26. The van der Waals surface area contributed by atoms with Gasteiger partial charge in [-0.25, -0.2) is 4.68 Å². The normalized spacial score (nSPS) is 11.9. The number of aromatic nitrogens is 2. The Bertz CT molecular complexity index is 904. The van der Waals surface area contributed by atoms with Crippen molar-refractivity contribution in [1.82, 2.24) is 14.7 Å². The minimum atomic E-state index is -0.227. The number of rotatable bonds is 5. The van der Waals surface area contributed by atoms with Crippen molar-refractivity contribution in [2.45, 2.75) is 19.5 Å². The summed E-state index contributed by atoms with van der Waals surface area (Å²) >= 11 is 1.61. The van der Waals surface area contributed by atoms with Crippen molar-refractivity contribution in [1.29, 1.82) is 0 Å². The van der Waals surface area contributed by atoms with Crippen molar-refractivity contribution in [3.8, 4) is 0 Å². The predicted molar refractivity (Wildman–Crippen MR) is 98.9 cm³/mol. The molecule has 0 bridgehead atoms. The number of thiophene rings is 1. The summed E-state index contributed by atoms with van der Waals surface area (Å²) in [4.78, 5) is 27.6. The van der Waals surface area contributed by atoms with E-state index in [0.717, 1.165) is 10.4 Å². The van der Waals surface area contributed by atoms with E-state index in [-0.39, 0.29) is 23.2 Å². The molecule has 3 rings (SSSR count). The van der Waals surface area contributed by atoms with Crippen LogP contribution in [-0.4, -0.2) is 27.6 Å². The fraction of sp³-hybridized carbons (Fsp3) is 0.211. The highest BCUT2D eigenvalue weighted by atomic mass is 32.1. The molecular formula is C19H19N3O2S. The number of hydrogen-bond donors (Lipinski definition) is 0. The molecule has 0 aliphatic heterocycles. The van der Waals surface area contributed by atoms with Crippen molar-refractivity contribution >= 4 is 17.2 Å². The quantitative estimate of drug-likeness (QED) is 0.708. The van der Waals surface area contributed by atoms with Crippen LogP contribution in [0.15, 0.2) is 64.8 Å². The SMILES string of the molecule is C[C@@H](c1cccs1)N(C)C(=O)c1ccc(=O)n(Cc2ccccc2)n1. The molecule has 0 spiro atoms. The van der Waals surface area contributed by atoms with Crippen molar-refractivity contribution < 1.29 is 4.79 Å². The number of carbonyl (C=O) groups is 1. The monoisotopic (exact) mass is 353 g/mol. The number of nitrogens with zero attached hydrogens (tertiary/aromatic N) is 3. The lowest BCUT2D eigenvalue weighted by Gasteiger charge is -2.23. The Morgan fingerprint density at radius 2 is 1.92 bits per heavy atom. The first-order chi connectivity index (χ1) is 12.1. The lowest BCUT2D eigenvalue weighted by Crippen LogP contribution is -2.32. The third kappa shape index (κ3) is 3.85. The van der Waals surface area contributed by atoms with Gasteiger partial charge in [0.2, 0.25) is 0 Å². The summed E-state index contributed by atoms with van der Waals surface area (Å²) in [7, 11) is 1.75. The maximum Gasteiger partial charge on any atom is 0.274 e. The zero-order valence-corrected chi connectivity index (χ0v) is 14.9. The van der Waals surface area contributed by atoms with Crippen LogP contribution in [0.5, 0.6) is 0 Å². The molecule has 3 aromatic rings. The highest BCUT2D eigenvalue weighted by Gasteiger charge is 2.21. The first kappa shape index (κ1) is 17.1. The minimum absolute atomic E-state index is 0.0520. The summed E-state index contributed by atoms with van der Waals surface area (Å²) in [5.74, 6) is -0.206. The van der Waals surface area contributed by atoms with Crippen LogP contribution < -0.4 is 5.56 Å². The molecular weight excluding hydrogens is 334 g/mol. The third-order valence-corrected chi connectivity index (χ3v) is 5.16. The molecule has 1 amide bonds. The molecule has 0 N–H and O–H groups in total. The molecule has 2 aromatic heterocycles. The smallest absolute Gasteiger partial charge is 0.274 e. The Kier molecular flexibility index (Phi) is 5.09. The van der Waals surface area contributed by atoms with Crippen LogP contribution in [0.2, 0.25) is 0 Å². The lowest BCUT2D eigenvalue weighted by atomic mass is 10.2. The van der Waals surface area contributed by atoms with Gasteiger partial charge in [-0.3, -0.25) is 9.59 Å². The van der Waals surface area contributed by atoms with Gasteiger partial charge in [-0.2, -0.15) is 5.10 Å². The average molecular weight is 353 g/mol. The van der Waals surface area contributed by atoms with E-state index >= 15 is 0 Å². The van der Waals surface area contributed by atoms with Gasteiger partial charge in [-0.1, -0.05) is 36.4 Å². The van der Waals surface area contributed by atoms with Crippen LogP contribution in [0.25, 0.3) is 0 Å². The van der Waals surface area contributed by atoms with Gasteiger partial charge in [-0.05, 0) is 30.0 Å². The van der Waals surface area contributed by atoms with E-state index < -0.39 is 0 Å². The Labute approximate surface area is 150 Å². The van der Waals surface area contributed by atoms with E-state index in [2.05, 4.69) is 5.10 Å². The second-order valence-electron chi connectivity index (χ2n) is 5.81. The van der Waals surface area contributed by atoms with Gasteiger partial charge in [0.1, 0.15) is 5.69 Å². The first-order valence-electron chi connectivity index (χ1n) is 7.99. The summed E-state index contributed by atoms with van der Waals surface area (Å²) in [6.07, 6.45) is 0. The molecule has 1 aromatic carbocycles. The zero-order chi connectivity index (χ0) is 17.8. The predicted octanol–water partition coefficient (Wildman–Crippen LogP) is 3.19. The fourth-order valence-electron chi connectivity index (χ4n) is 2.51. The standard InChI is InChI=1S/C19H19N3O2S/c1-14(17-9-6-12-25-17)21(2)19(24)16-10-11-18(23)22(20-16)13-15-7-4-3-5-8-15/h3-12,14H,13H2,1-2H3/t14-/m0/s1. The Morgan fingerprint density at radius 1 is 1.16 bits per heavy atom. The van der Waals surface area contributed by atoms with E-state index in [4.69, 9.17) is 0 Å². The average Bonchev–Trinajstić information content (AvgIpc) is 3.17. The van der Waals surface area contributed by atoms with Crippen molar-refractivity contribution in [2.24, 2.45) is 0 Å². The number of benzene rings is 1. The Hall–Kier alpha value is -2.73. The molecule has 6 heteroatoms. The van der Waals surface area contributed by atoms with Crippen LogP contribution in [-0.2, 0) is 6.54 Å². The van der Waals surface area contributed by atoms with Gasteiger partial charge < -0.3 is 4.90 Å². The van der Waals surface area contributed by atoms with E-state index in [0.29, 0.717) is 6.54 Å². The highest BCUT2D eigenvalue weighted by molar-refractivity contribution is 7.10. The number of carbonyl (C=O) groups excluding carboxylic acids is 1. The third-order valence-electron chi connectivity index (χ3n) is 4.12. The molecule has 0 fully saturated rings. The molecule has 128 valence electrons. The van der Waals surface area contributed by atoms with Gasteiger partial charge in [0.05, 0.1) is 12.6 Å². The molecule has 5 nitrogen and oxygen atoms in total. The summed E-state index contributed by atoms with van der Waals surface area (Å²) in [6.45, 7) is 2.31. The molecule has 0 aliphatic carbocycles. The Balaban J connectivity index is 1.83. The fourth-order valence-corrected chi connectivity index (χ4v) is 3.34. The molecule has 25 heavy (non-hydrogen) atoms. The number of amides is 1. The van der Waals surface area contributed by atoms with Crippen LogP contribution in [0.4, 0.5) is 0 Å². The maximum absolute atomic E-state index is 12.7. The Morgan fingerprint density at radius 3 is 2.60 bits per heavy atom. The van der Waals surface area contributed by atoms with E-state index in [1.54, 1.807) is 23.3 Å². The minimum Gasteiger partial charge on any atom is -0.333 e. The highest BCUT2D eigenvalue weighted by Crippen LogP contribution is 2.24. The zero-order valence-electron chi connectivity index (χ0n) is 14.1. The summed E-state index contributed by atoms with van der Waals surface area (Å²) in [5.41, 5.74) is 0.998. The lowest BCUT2D eigenvalue weighted by molar-refractivity contribution is 0.0736. The van der Waals surface area contributed by atoms with Gasteiger partial charge in [0.15, 0.2) is 0 Å². The summed E-state index contributed by atoms with van der Waals surface area (Å²) in [6, 6.07) is 16.4.